The number of carbonyl (C=O) groups excluding carboxylic acids is 1. The van der Waals surface area contributed by atoms with Crippen LogP contribution in [0.5, 0.6) is 5.75 Å². The number of halogens is 2. The van der Waals surface area contributed by atoms with Crippen LogP contribution >= 0.6 is 0 Å². The molecule has 0 aliphatic carbocycles. The van der Waals surface area contributed by atoms with Crippen molar-refractivity contribution in [3.05, 3.63) is 83.9 Å². The first kappa shape index (κ1) is 22.2. The number of hydrogen-bond acceptors (Lipinski definition) is 4. The molecule has 0 unspecified atom stereocenters. The van der Waals surface area contributed by atoms with Crippen LogP contribution in [0.2, 0.25) is 0 Å². The molecule has 1 N–H and O–H groups in total. The highest BCUT2D eigenvalue weighted by molar-refractivity contribution is 7.92. The van der Waals surface area contributed by atoms with E-state index in [4.69, 9.17) is 4.74 Å². The quantitative estimate of drug-likeness (QED) is 0.586. The predicted octanol–water partition coefficient (Wildman–Crippen LogP) is 4.33. The lowest BCUT2D eigenvalue weighted by atomic mass is 10.2. The molecule has 0 saturated heterocycles. The van der Waals surface area contributed by atoms with E-state index in [-0.39, 0.29) is 28.6 Å². The highest BCUT2D eigenvalue weighted by atomic mass is 32.2. The minimum Gasteiger partial charge on any atom is -0.497 e. The van der Waals surface area contributed by atoms with Gasteiger partial charge in [-0.05, 0) is 54.6 Å². The van der Waals surface area contributed by atoms with E-state index in [1.54, 1.807) is 12.1 Å². The van der Waals surface area contributed by atoms with Gasteiger partial charge in [0.25, 0.3) is 10.0 Å². The summed E-state index contributed by atoms with van der Waals surface area (Å²) in [4.78, 5) is 11.1. The van der Waals surface area contributed by atoms with Gasteiger partial charge in [-0.1, -0.05) is 6.07 Å². The van der Waals surface area contributed by atoms with Crippen molar-refractivity contribution in [2.45, 2.75) is 18.4 Å². The van der Waals surface area contributed by atoms with Gasteiger partial charge in [-0.2, -0.15) is 0 Å². The number of anilines is 2. The third-order valence-corrected chi connectivity index (χ3v) is 6.24. The van der Waals surface area contributed by atoms with Gasteiger partial charge in [0.2, 0.25) is 5.91 Å². The second-order valence-corrected chi connectivity index (χ2v) is 8.51. The first-order valence-corrected chi connectivity index (χ1v) is 10.6. The SMILES string of the molecule is COc1ccc(N(Cc2ccc(F)cc2F)S(=O)(=O)c2ccc(NC(C)=O)cc2)cc1. The van der Waals surface area contributed by atoms with Crippen molar-refractivity contribution in [3.63, 3.8) is 0 Å². The predicted molar refractivity (Wildman–Crippen MR) is 113 cm³/mol. The maximum absolute atomic E-state index is 14.3. The number of nitrogens with one attached hydrogen (secondary N) is 1. The van der Waals surface area contributed by atoms with Crippen LogP contribution < -0.4 is 14.4 Å². The van der Waals surface area contributed by atoms with E-state index in [1.165, 1.54) is 56.5 Å². The molecule has 31 heavy (non-hydrogen) atoms. The first-order chi connectivity index (χ1) is 14.7. The number of carbonyl (C=O) groups is 1. The maximum atomic E-state index is 14.3. The molecule has 0 fully saturated rings. The Morgan fingerprint density at radius 3 is 2.19 bits per heavy atom. The molecule has 0 radical (unpaired) electrons. The second kappa shape index (κ2) is 9.13. The summed E-state index contributed by atoms with van der Waals surface area (Å²) in [7, 11) is -2.64. The Balaban J connectivity index is 2.03. The van der Waals surface area contributed by atoms with E-state index in [0.29, 0.717) is 17.5 Å². The molecule has 3 aromatic carbocycles. The van der Waals surface area contributed by atoms with Crippen LogP contribution in [0.1, 0.15) is 12.5 Å². The summed E-state index contributed by atoms with van der Waals surface area (Å²) in [6.07, 6.45) is 0. The summed E-state index contributed by atoms with van der Waals surface area (Å²) in [5.74, 6) is -1.38. The number of benzene rings is 3. The van der Waals surface area contributed by atoms with Crippen molar-refractivity contribution < 1.29 is 26.7 Å². The molecule has 0 aliphatic rings. The van der Waals surface area contributed by atoms with Gasteiger partial charge < -0.3 is 10.1 Å². The number of methoxy groups -OCH3 is 1. The van der Waals surface area contributed by atoms with Crippen LogP contribution in [0.25, 0.3) is 0 Å². The lowest BCUT2D eigenvalue weighted by Gasteiger charge is -2.25. The van der Waals surface area contributed by atoms with Crippen LogP contribution in [0.4, 0.5) is 20.2 Å². The zero-order valence-corrected chi connectivity index (χ0v) is 17.6. The fraction of sp³-hybridized carbons (Fsp3) is 0.136. The van der Waals surface area contributed by atoms with Crippen molar-refractivity contribution >= 4 is 27.3 Å². The molecule has 0 heterocycles. The summed E-state index contributed by atoms with van der Waals surface area (Å²) in [5, 5.41) is 2.56. The molecule has 3 aromatic rings. The molecule has 9 heteroatoms. The summed E-state index contributed by atoms with van der Waals surface area (Å²) in [6, 6.07) is 14.8. The van der Waals surface area contributed by atoms with Gasteiger partial charge in [-0.15, -0.1) is 0 Å². The number of amides is 1. The van der Waals surface area contributed by atoms with Gasteiger partial charge in [-0.25, -0.2) is 17.2 Å². The average molecular weight is 446 g/mol. The molecule has 6 nitrogen and oxygen atoms in total. The third-order valence-electron chi connectivity index (χ3n) is 4.45. The number of ether oxygens (including phenoxy) is 1. The van der Waals surface area contributed by atoms with Crippen molar-refractivity contribution in [2.24, 2.45) is 0 Å². The Kier molecular flexibility index (Phi) is 6.55. The molecule has 0 spiro atoms. The summed E-state index contributed by atoms with van der Waals surface area (Å²) in [5.41, 5.74) is 0.721. The van der Waals surface area contributed by atoms with Crippen LogP contribution in [0.15, 0.2) is 71.6 Å². The van der Waals surface area contributed by atoms with E-state index >= 15 is 0 Å². The minimum atomic E-state index is -4.12. The minimum absolute atomic E-state index is 0.00987. The van der Waals surface area contributed by atoms with Gasteiger partial charge in [0.05, 0.1) is 24.2 Å². The number of rotatable bonds is 7. The largest absolute Gasteiger partial charge is 0.497 e. The van der Waals surface area contributed by atoms with E-state index in [9.17, 15) is 22.0 Å². The maximum Gasteiger partial charge on any atom is 0.264 e. The molecule has 0 saturated carbocycles. The van der Waals surface area contributed by atoms with Gasteiger partial charge in [0.1, 0.15) is 17.4 Å². The lowest BCUT2D eigenvalue weighted by Crippen LogP contribution is -2.31. The molecule has 0 bridgehead atoms. The smallest absolute Gasteiger partial charge is 0.264 e. The normalized spacial score (nSPS) is 11.1. The summed E-state index contributed by atoms with van der Waals surface area (Å²) >= 11 is 0. The van der Waals surface area contributed by atoms with Crippen LogP contribution in [-0.2, 0) is 21.4 Å². The fourth-order valence-electron chi connectivity index (χ4n) is 2.91. The summed E-state index contributed by atoms with van der Waals surface area (Å²) < 4.78 is 60.6. The van der Waals surface area contributed by atoms with Gasteiger partial charge in [-0.3, -0.25) is 9.10 Å². The highest BCUT2D eigenvalue weighted by Crippen LogP contribution is 2.29. The Labute approximate surface area is 179 Å². The average Bonchev–Trinajstić information content (AvgIpc) is 2.73. The molecular weight excluding hydrogens is 426 g/mol. The highest BCUT2D eigenvalue weighted by Gasteiger charge is 2.26. The lowest BCUT2D eigenvalue weighted by molar-refractivity contribution is -0.114. The topological polar surface area (TPSA) is 75.7 Å². The third kappa shape index (κ3) is 5.18. The van der Waals surface area contributed by atoms with Crippen molar-refractivity contribution in [1.29, 1.82) is 0 Å². The van der Waals surface area contributed by atoms with Crippen molar-refractivity contribution in [2.75, 3.05) is 16.7 Å². The van der Waals surface area contributed by atoms with E-state index < -0.39 is 21.7 Å². The standard InChI is InChI=1S/C22H20F2N2O4S/c1-15(27)25-18-5-11-21(12-6-18)31(28,29)26(19-7-9-20(30-2)10-8-19)14-16-3-4-17(23)13-22(16)24/h3-13H,14H2,1-2H3,(H,25,27). The van der Waals surface area contributed by atoms with Crippen LogP contribution in [-0.4, -0.2) is 21.4 Å². The van der Waals surface area contributed by atoms with Gasteiger partial charge in [0, 0.05) is 24.2 Å². The molecule has 1 amide bonds. The van der Waals surface area contributed by atoms with E-state index in [2.05, 4.69) is 5.32 Å². The van der Waals surface area contributed by atoms with Crippen molar-refractivity contribution in [1.82, 2.24) is 0 Å². The Morgan fingerprint density at radius 1 is 1.00 bits per heavy atom. The Hall–Kier alpha value is -3.46. The molecule has 0 atom stereocenters. The van der Waals surface area contributed by atoms with Crippen molar-refractivity contribution in [3.8, 4) is 5.75 Å². The van der Waals surface area contributed by atoms with E-state index in [0.717, 1.165) is 10.4 Å². The van der Waals surface area contributed by atoms with Crippen LogP contribution in [0, 0.1) is 11.6 Å². The number of sulfonamides is 1. The summed E-state index contributed by atoms with van der Waals surface area (Å²) in [6.45, 7) is 0.988. The zero-order chi connectivity index (χ0) is 22.6. The van der Waals surface area contributed by atoms with E-state index in [1.807, 2.05) is 0 Å². The monoisotopic (exact) mass is 446 g/mol. The van der Waals surface area contributed by atoms with Gasteiger partial charge >= 0.3 is 0 Å². The molecule has 0 aromatic heterocycles. The molecule has 0 aliphatic heterocycles. The second-order valence-electron chi connectivity index (χ2n) is 6.65. The molecule has 162 valence electrons. The molecule has 3 rings (SSSR count). The number of nitrogens with zero attached hydrogens (tertiary/aromatic N) is 1. The number of hydrogen-bond donors (Lipinski definition) is 1. The first-order valence-electron chi connectivity index (χ1n) is 9.19. The fourth-order valence-corrected chi connectivity index (χ4v) is 4.35. The Bertz CT molecular complexity index is 1180. The van der Waals surface area contributed by atoms with Gasteiger partial charge in [0.15, 0.2) is 0 Å². The van der Waals surface area contributed by atoms with Crippen LogP contribution in [0.3, 0.4) is 0 Å². The molecular formula is C22H20F2N2O4S. The zero-order valence-electron chi connectivity index (χ0n) is 16.8. The Morgan fingerprint density at radius 2 is 1.65 bits per heavy atom.